The summed E-state index contributed by atoms with van der Waals surface area (Å²) < 4.78 is 5.10. The Bertz CT molecular complexity index is 339. The van der Waals surface area contributed by atoms with Gasteiger partial charge in [-0.15, -0.1) is 0 Å². The average Bonchev–Trinajstić information content (AvgIpc) is 3.01. The number of carbonyl (C=O) groups is 1. The Morgan fingerprint density at radius 2 is 2.00 bits per heavy atom. The normalized spacial score (nSPS) is 17.1. The highest BCUT2D eigenvalue weighted by Crippen LogP contribution is 2.49. The lowest BCUT2D eigenvalue weighted by molar-refractivity contribution is -0.149. The minimum absolute atomic E-state index is 0.0196. The minimum atomic E-state index is -0.197. The number of rotatable bonds is 4. The fourth-order valence-electron chi connectivity index (χ4n) is 1.87. The average molecular weight is 204 g/mol. The van der Waals surface area contributed by atoms with Gasteiger partial charge in [-0.05, 0) is 31.7 Å². The highest BCUT2D eigenvalue weighted by molar-refractivity contribution is 5.80. The number of hydrogen-bond donors (Lipinski definition) is 0. The molecule has 0 bridgehead atoms. The predicted octanol–water partition coefficient (Wildman–Crippen LogP) is 2.57. The molecule has 0 N–H and O–H groups in total. The number of hydrogen-bond acceptors (Lipinski definition) is 2. The van der Waals surface area contributed by atoms with E-state index >= 15 is 0 Å². The van der Waals surface area contributed by atoms with Gasteiger partial charge in [-0.1, -0.05) is 30.3 Å². The second kappa shape index (κ2) is 4.05. The molecule has 2 rings (SSSR count). The molecule has 0 spiro atoms. The van der Waals surface area contributed by atoms with Gasteiger partial charge in [0.1, 0.15) is 0 Å². The molecule has 2 nitrogen and oxygen atoms in total. The van der Waals surface area contributed by atoms with Crippen LogP contribution in [0.1, 0.15) is 25.3 Å². The van der Waals surface area contributed by atoms with E-state index in [1.54, 1.807) is 0 Å². The van der Waals surface area contributed by atoms with Crippen LogP contribution in [-0.2, 0) is 16.0 Å². The smallest absolute Gasteiger partial charge is 0.312 e. The van der Waals surface area contributed by atoms with E-state index in [1.807, 2.05) is 25.1 Å². The lowest BCUT2D eigenvalue weighted by atomic mass is 9.97. The SMILES string of the molecule is CCOC(=O)C1(Cc2ccccc2)CC1. The fourth-order valence-corrected chi connectivity index (χ4v) is 1.87. The van der Waals surface area contributed by atoms with Crippen molar-refractivity contribution in [2.75, 3.05) is 6.61 Å². The highest BCUT2D eigenvalue weighted by Gasteiger charge is 2.50. The van der Waals surface area contributed by atoms with Crippen LogP contribution >= 0.6 is 0 Å². The van der Waals surface area contributed by atoms with Crippen LogP contribution in [0.5, 0.6) is 0 Å². The molecule has 0 aliphatic heterocycles. The first-order chi connectivity index (χ1) is 7.27. The monoisotopic (exact) mass is 204 g/mol. The van der Waals surface area contributed by atoms with Crippen molar-refractivity contribution in [3.05, 3.63) is 35.9 Å². The summed E-state index contributed by atoms with van der Waals surface area (Å²) in [4.78, 5) is 11.7. The van der Waals surface area contributed by atoms with E-state index in [0.717, 1.165) is 19.3 Å². The third kappa shape index (κ3) is 2.20. The van der Waals surface area contributed by atoms with Crippen LogP contribution in [-0.4, -0.2) is 12.6 Å². The Labute approximate surface area is 90.3 Å². The first kappa shape index (κ1) is 10.2. The van der Waals surface area contributed by atoms with Crippen LogP contribution < -0.4 is 0 Å². The Kier molecular flexibility index (Phi) is 2.76. The number of esters is 1. The second-order valence-corrected chi connectivity index (χ2v) is 4.16. The summed E-state index contributed by atoms with van der Waals surface area (Å²) in [6.07, 6.45) is 2.77. The molecule has 1 aliphatic carbocycles. The summed E-state index contributed by atoms with van der Waals surface area (Å²) in [5.74, 6) is -0.0196. The third-order valence-electron chi connectivity index (χ3n) is 2.95. The van der Waals surface area contributed by atoms with Crippen LogP contribution in [0, 0.1) is 5.41 Å². The molecule has 0 atom stereocenters. The van der Waals surface area contributed by atoms with Gasteiger partial charge in [0, 0.05) is 0 Å². The highest BCUT2D eigenvalue weighted by atomic mass is 16.5. The quantitative estimate of drug-likeness (QED) is 0.704. The van der Waals surface area contributed by atoms with E-state index < -0.39 is 0 Å². The second-order valence-electron chi connectivity index (χ2n) is 4.16. The number of ether oxygens (including phenoxy) is 1. The molecule has 0 aromatic heterocycles. The summed E-state index contributed by atoms with van der Waals surface area (Å²) in [5, 5.41) is 0. The maximum atomic E-state index is 11.7. The lowest BCUT2D eigenvalue weighted by Gasteiger charge is -2.13. The van der Waals surface area contributed by atoms with Gasteiger partial charge in [0.2, 0.25) is 0 Å². The van der Waals surface area contributed by atoms with Crippen LogP contribution in [0.4, 0.5) is 0 Å². The molecule has 0 heterocycles. The molecule has 0 unspecified atom stereocenters. The predicted molar refractivity (Wildman–Crippen MR) is 58.4 cm³/mol. The Balaban J connectivity index is 2.03. The fraction of sp³-hybridized carbons (Fsp3) is 0.462. The van der Waals surface area contributed by atoms with Crippen molar-refractivity contribution in [3.63, 3.8) is 0 Å². The van der Waals surface area contributed by atoms with Gasteiger partial charge in [0.25, 0.3) is 0 Å². The van der Waals surface area contributed by atoms with Gasteiger partial charge in [-0.3, -0.25) is 4.79 Å². The Morgan fingerprint density at radius 3 is 2.53 bits per heavy atom. The van der Waals surface area contributed by atoms with E-state index in [4.69, 9.17) is 4.74 Å². The van der Waals surface area contributed by atoms with Crippen molar-refractivity contribution in [1.82, 2.24) is 0 Å². The summed E-state index contributed by atoms with van der Waals surface area (Å²) >= 11 is 0. The zero-order valence-corrected chi connectivity index (χ0v) is 9.03. The first-order valence-electron chi connectivity index (χ1n) is 5.48. The van der Waals surface area contributed by atoms with E-state index in [0.29, 0.717) is 6.61 Å². The van der Waals surface area contributed by atoms with Gasteiger partial charge < -0.3 is 4.74 Å². The Hall–Kier alpha value is -1.31. The minimum Gasteiger partial charge on any atom is -0.466 e. The molecule has 1 aliphatic rings. The standard InChI is InChI=1S/C13H16O2/c1-2-15-12(14)13(8-9-13)10-11-6-4-3-5-7-11/h3-7H,2,8-10H2,1H3. The maximum Gasteiger partial charge on any atom is 0.312 e. The number of benzene rings is 1. The van der Waals surface area contributed by atoms with Crippen LogP contribution in [0.3, 0.4) is 0 Å². The zero-order valence-electron chi connectivity index (χ0n) is 9.03. The van der Waals surface area contributed by atoms with Crippen molar-refractivity contribution in [1.29, 1.82) is 0 Å². The summed E-state index contributed by atoms with van der Waals surface area (Å²) in [6.45, 7) is 2.34. The van der Waals surface area contributed by atoms with Crippen LogP contribution in [0.2, 0.25) is 0 Å². The topological polar surface area (TPSA) is 26.3 Å². The van der Waals surface area contributed by atoms with Gasteiger partial charge in [-0.25, -0.2) is 0 Å². The molecule has 1 aromatic carbocycles. The summed E-state index contributed by atoms with van der Waals surface area (Å²) in [5.41, 5.74) is 1.03. The van der Waals surface area contributed by atoms with E-state index in [9.17, 15) is 4.79 Å². The lowest BCUT2D eigenvalue weighted by Crippen LogP contribution is -2.21. The summed E-state index contributed by atoms with van der Waals surface area (Å²) in [7, 11) is 0. The largest absolute Gasteiger partial charge is 0.466 e. The van der Waals surface area contributed by atoms with Gasteiger partial charge >= 0.3 is 5.97 Å². The molecule has 1 fully saturated rings. The van der Waals surface area contributed by atoms with Crippen LogP contribution in [0.25, 0.3) is 0 Å². The third-order valence-corrected chi connectivity index (χ3v) is 2.95. The number of carbonyl (C=O) groups excluding carboxylic acids is 1. The molecule has 1 aromatic rings. The molecule has 0 radical (unpaired) electrons. The van der Waals surface area contributed by atoms with Gasteiger partial charge in [0.15, 0.2) is 0 Å². The van der Waals surface area contributed by atoms with Crippen molar-refractivity contribution in [2.45, 2.75) is 26.2 Å². The van der Waals surface area contributed by atoms with Crippen molar-refractivity contribution >= 4 is 5.97 Å². The molecular weight excluding hydrogens is 188 g/mol. The maximum absolute atomic E-state index is 11.7. The zero-order chi connectivity index (χ0) is 10.7. The Morgan fingerprint density at radius 1 is 1.33 bits per heavy atom. The molecule has 80 valence electrons. The van der Waals surface area contributed by atoms with Gasteiger partial charge in [0.05, 0.1) is 12.0 Å². The molecule has 0 saturated heterocycles. The van der Waals surface area contributed by atoms with Crippen molar-refractivity contribution in [3.8, 4) is 0 Å². The molecular formula is C13H16O2. The van der Waals surface area contributed by atoms with E-state index in [1.165, 1.54) is 5.56 Å². The molecule has 1 saturated carbocycles. The summed E-state index contributed by atoms with van der Waals surface area (Å²) in [6, 6.07) is 10.2. The molecule has 0 amide bonds. The van der Waals surface area contributed by atoms with E-state index in [2.05, 4.69) is 12.1 Å². The van der Waals surface area contributed by atoms with Crippen molar-refractivity contribution < 1.29 is 9.53 Å². The van der Waals surface area contributed by atoms with Crippen molar-refractivity contribution in [2.24, 2.45) is 5.41 Å². The molecule has 15 heavy (non-hydrogen) atoms. The van der Waals surface area contributed by atoms with E-state index in [-0.39, 0.29) is 11.4 Å². The first-order valence-corrected chi connectivity index (χ1v) is 5.48. The van der Waals surface area contributed by atoms with Gasteiger partial charge in [-0.2, -0.15) is 0 Å². The molecule has 2 heteroatoms. The van der Waals surface area contributed by atoms with Crippen LogP contribution in [0.15, 0.2) is 30.3 Å².